The largest absolute Gasteiger partial charge is 0.480 e. The third kappa shape index (κ3) is 13.3. The van der Waals surface area contributed by atoms with Crippen LogP contribution in [0.15, 0.2) is 58.9 Å². The van der Waals surface area contributed by atoms with Crippen LogP contribution < -0.4 is 20.1 Å². The topological polar surface area (TPSA) is 263 Å². The Morgan fingerprint density at radius 1 is 1.03 bits per heavy atom. The number of imide groups is 1. The van der Waals surface area contributed by atoms with Crippen molar-refractivity contribution in [1.82, 2.24) is 19.6 Å². The summed E-state index contributed by atoms with van der Waals surface area (Å²) in [7, 11) is -7.45. The summed E-state index contributed by atoms with van der Waals surface area (Å²) in [5.74, 6) is -5.56. The SMILES string of the molecule is CCCCCOC(=O)COc1cc(N2C(=O)C3=C(CCCC3)C2=O)c(F)cc1Cl.CP(=O)(O)CCC(N)C(=O)O.Cc1ccn2nc(S(=O)(=O)Nc3c(F)cccc3F)nc2n1. The maximum absolute atomic E-state index is 14.5. The number of nitrogens with one attached hydrogen (secondary N) is 1. The monoisotopic (exact) mass is 929 g/mol. The van der Waals surface area contributed by atoms with Gasteiger partial charge in [0.1, 0.15) is 34.9 Å². The lowest BCUT2D eigenvalue weighted by molar-refractivity contribution is -0.146. The van der Waals surface area contributed by atoms with Crippen molar-refractivity contribution in [2.45, 2.75) is 76.4 Å². The number of para-hydroxylation sites is 1. The van der Waals surface area contributed by atoms with E-state index in [-0.39, 0.29) is 34.8 Å². The molecule has 62 heavy (non-hydrogen) atoms. The number of aryl methyl sites for hydroxylation is 1. The number of nitrogens with zero attached hydrogens (tertiary/aromatic N) is 5. The molecular weight excluding hydrogens is 886 g/mol. The zero-order chi connectivity index (χ0) is 45.9. The van der Waals surface area contributed by atoms with E-state index in [1.54, 1.807) is 17.7 Å². The van der Waals surface area contributed by atoms with Gasteiger partial charge in [-0.2, -0.15) is 13.4 Å². The molecule has 3 heterocycles. The summed E-state index contributed by atoms with van der Waals surface area (Å²) in [6, 6.07) is 5.72. The highest BCUT2D eigenvalue weighted by Crippen LogP contribution is 2.40. The Morgan fingerprint density at radius 2 is 1.66 bits per heavy atom. The fourth-order valence-electron chi connectivity index (χ4n) is 5.71. The Balaban J connectivity index is 0.000000226. The number of benzene rings is 2. The van der Waals surface area contributed by atoms with Crippen molar-refractivity contribution < 1.29 is 64.8 Å². The molecule has 1 aliphatic carbocycles. The van der Waals surface area contributed by atoms with Crippen LogP contribution in [0.1, 0.15) is 64.0 Å². The van der Waals surface area contributed by atoms with Crippen LogP contribution >= 0.6 is 19.0 Å². The smallest absolute Gasteiger partial charge is 0.344 e. The van der Waals surface area contributed by atoms with Gasteiger partial charge in [0.2, 0.25) is 0 Å². The number of fused-ring (bicyclic) bond motifs is 1. The van der Waals surface area contributed by atoms with Crippen molar-refractivity contribution in [3.05, 3.63) is 81.9 Å². The standard InChI is InChI=1S/C21H23ClFNO5.C12H9F2N5O2S.C5H12NO4P/c1-2-3-6-9-28-19(25)12-29-18-11-17(16(23)10-15(18)22)24-20(26)13-7-4-5-8-14(13)21(24)27;1-7-5-6-19-11(15-7)16-12(17-19)22(20,21)18-10-8(13)3-2-4-9(10)14;1-11(9,10)3-2-4(6)5(7)8/h10-11H,2-9,12H2,1H3;2-6,18H,1H3;4H,2-3,6H2,1H3,(H,7,8)(H,9,10). The molecule has 24 heteroatoms. The quantitative estimate of drug-likeness (QED) is 0.0494. The molecule has 0 radical (unpaired) electrons. The second-order valence-electron chi connectivity index (χ2n) is 14.0. The molecule has 2 amide bonds. The fourth-order valence-corrected chi connectivity index (χ4v) is 7.63. The molecular formula is C38H44ClF3N7O11PS. The number of aromatic nitrogens is 4. The molecule has 336 valence electrons. The lowest BCUT2D eigenvalue weighted by atomic mass is 9.93. The van der Waals surface area contributed by atoms with Gasteiger partial charge in [-0.1, -0.05) is 37.4 Å². The number of hydrogen-bond acceptors (Lipinski definition) is 13. The molecule has 0 spiro atoms. The van der Waals surface area contributed by atoms with E-state index in [2.05, 4.69) is 15.1 Å². The average Bonchev–Trinajstić information content (AvgIpc) is 3.75. The molecule has 2 atom stereocenters. The first kappa shape index (κ1) is 49.2. The Hall–Kier alpha value is -5.41. The van der Waals surface area contributed by atoms with Crippen LogP contribution in [0.5, 0.6) is 5.75 Å². The van der Waals surface area contributed by atoms with Crippen LogP contribution in [-0.4, -0.2) is 93.8 Å². The van der Waals surface area contributed by atoms with Crippen molar-refractivity contribution in [3.63, 3.8) is 0 Å². The first-order chi connectivity index (χ1) is 29.1. The number of hydrogen-bond donors (Lipinski definition) is 4. The highest BCUT2D eigenvalue weighted by atomic mass is 35.5. The molecule has 0 saturated carbocycles. The number of halogens is 4. The predicted octanol–water partition coefficient (Wildman–Crippen LogP) is 5.54. The molecule has 4 aromatic rings. The van der Waals surface area contributed by atoms with Gasteiger partial charge in [-0.25, -0.2) is 32.4 Å². The van der Waals surface area contributed by atoms with Gasteiger partial charge in [-0.05, 0) is 69.7 Å². The number of carboxylic acids is 1. The van der Waals surface area contributed by atoms with Crippen molar-refractivity contribution >= 4 is 69.9 Å². The highest BCUT2D eigenvalue weighted by Gasteiger charge is 2.41. The van der Waals surface area contributed by atoms with Crippen LogP contribution in [-0.2, 0) is 38.5 Å². The van der Waals surface area contributed by atoms with Gasteiger partial charge in [0.05, 0.1) is 17.3 Å². The number of rotatable bonds is 15. The number of nitrogens with two attached hydrogens (primary N) is 1. The number of carboxylic acid groups (broad SMARTS) is 1. The zero-order valence-electron chi connectivity index (χ0n) is 33.6. The van der Waals surface area contributed by atoms with Crippen LogP contribution in [0, 0.1) is 24.4 Å². The van der Waals surface area contributed by atoms with Crippen molar-refractivity contribution in [2.24, 2.45) is 5.73 Å². The summed E-state index contributed by atoms with van der Waals surface area (Å²) in [4.78, 5) is 64.6. The molecule has 2 aromatic carbocycles. The van der Waals surface area contributed by atoms with E-state index in [4.69, 9.17) is 36.8 Å². The van der Waals surface area contributed by atoms with E-state index in [1.807, 2.05) is 6.92 Å². The summed E-state index contributed by atoms with van der Waals surface area (Å²) >= 11 is 6.02. The van der Waals surface area contributed by atoms with Gasteiger partial charge in [-0.3, -0.25) is 23.7 Å². The summed E-state index contributed by atoms with van der Waals surface area (Å²) in [6.45, 7) is 4.82. The number of carbonyl (C=O) groups excluding carboxylic acids is 3. The van der Waals surface area contributed by atoms with Crippen LogP contribution in [0.2, 0.25) is 5.02 Å². The second kappa shape index (κ2) is 21.6. The first-order valence-electron chi connectivity index (χ1n) is 19.0. The van der Waals surface area contributed by atoms with Crippen LogP contribution in [0.25, 0.3) is 5.78 Å². The molecule has 0 saturated heterocycles. The third-order valence-corrected chi connectivity index (χ3v) is 11.4. The summed E-state index contributed by atoms with van der Waals surface area (Å²) in [5.41, 5.74) is 5.60. The minimum Gasteiger partial charge on any atom is -0.480 e. The highest BCUT2D eigenvalue weighted by molar-refractivity contribution is 7.92. The number of sulfonamides is 1. The Labute approximate surface area is 358 Å². The predicted molar refractivity (Wildman–Crippen MR) is 219 cm³/mol. The summed E-state index contributed by atoms with van der Waals surface area (Å²) in [5, 5.41) is 11.3. The maximum Gasteiger partial charge on any atom is 0.344 e. The third-order valence-electron chi connectivity index (χ3n) is 8.93. The normalized spacial score (nSPS) is 15.1. The molecule has 18 nitrogen and oxygen atoms in total. The lowest BCUT2D eigenvalue weighted by Gasteiger charge is -2.18. The number of anilines is 2. The second-order valence-corrected chi connectivity index (χ2v) is 18.5. The number of esters is 1. The molecule has 0 fully saturated rings. The summed E-state index contributed by atoms with van der Waals surface area (Å²) < 4.78 is 89.9. The first-order valence-corrected chi connectivity index (χ1v) is 23.1. The number of carbonyl (C=O) groups is 4. The van der Waals surface area contributed by atoms with Gasteiger partial charge in [-0.15, -0.1) is 5.10 Å². The van der Waals surface area contributed by atoms with Gasteiger partial charge < -0.3 is 25.2 Å². The fraction of sp³-hybridized carbons (Fsp3) is 0.395. The molecule has 2 aromatic heterocycles. The number of amides is 2. The Morgan fingerprint density at radius 3 is 2.24 bits per heavy atom. The maximum atomic E-state index is 14.5. The van der Waals surface area contributed by atoms with Crippen LogP contribution in [0.4, 0.5) is 24.5 Å². The Bertz CT molecular complexity index is 2470. The van der Waals surface area contributed by atoms with E-state index in [1.165, 1.54) is 18.9 Å². The van der Waals surface area contributed by atoms with Crippen LogP contribution in [0.3, 0.4) is 0 Å². The molecule has 5 N–H and O–H groups in total. The number of unbranched alkanes of at least 4 members (excludes halogenated alkanes) is 2. The minimum atomic E-state index is -4.35. The van der Waals surface area contributed by atoms with E-state index in [9.17, 15) is 45.3 Å². The van der Waals surface area contributed by atoms with E-state index >= 15 is 0 Å². The summed E-state index contributed by atoms with van der Waals surface area (Å²) in [6.07, 6.45) is 6.88. The number of ether oxygens (including phenoxy) is 2. The lowest BCUT2D eigenvalue weighted by Crippen LogP contribution is -2.32. The van der Waals surface area contributed by atoms with Crippen molar-refractivity contribution in [2.75, 3.05) is 35.7 Å². The molecule has 1 aliphatic heterocycles. The molecule has 2 unspecified atom stereocenters. The van der Waals surface area contributed by atoms with E-state index in [0.717, 1.165) is 65.8 Å². The van der Waals surface area contributed by atoms with Crippen molar-refractivity contribution in [3.8, 4) is 5.75 Å². The minimum absolute atomic E-state index is 0.000883. The van der Waals surface area contributed by atoms with Gasteiger partial charge in [0.15, 0.2) is 14.0 Å². The van der Waals surface area contributed by atoms with Gasteiger partial charge >= 0.3 is 11.9 Å². The van der Waals surface area contributed by atoms with Crippen molar-refractivity contribution in [1.29, 1.82) is 0 Å². The Kier molecular flexibility index (Phi) is 17.2. The molecule has 2 aliphatic rings. The van der Waals surface area contributed by atoms with Gasteiger partial charge in [0, 0.05) is 41.9 Å². The van der Waals surface area contributed by atoms with E-state index in [0.29, 0.717) is 36.3 Å². The number of aliphatic carboxylic acids is 1. The molecule has 0 bridgehead atoms. The van der Waals surface area contributed by atoms with E-state index < -0.39 is 82.1 Å². The van der Waals surface area contributed by atoms with Gasteiger partial charge in [0.25, 0.3) is 32.8 Å². The zero-order valence-corrected chi connectivity index (χ0v) is 36.1. The molecule has 6 rings (SSSR count). The average molecular weight is 930 g/mol.